The molecule has 0 amide bonds. The van der Waals surface area contributed by atoms with Crippen LogP contribution in [0, 0.1) is 0 Å². The lowest BCUT2D eigenvalue weighted by Crippen LogP contribution is -2.60. The van der Waals surface area contributed by atoms with Crippen molar-refractivity contribution in [3.05, 3.63) is 85.1 Å². The van der Waals surface area contributed by atoms with E-state index in [-0.39, 0.29) is 19.6 Å². The molecule has 12 nitrogen and oxygen atoms in total. The molecule has 0 aromatic rings. The lowest BCUT2D eigenvalue weighted by atomic mass is 9.99. The molecule has 0 radical (unpaired) electrons. The standard InChI is InChI=1S/C49H82O12S/c1-3-5-7-9-11-13-15-17-19-20-21-22-23-24-25-26-28-30-32-34-36-38-45(51)59-43(41-57-39-37-35-33-31-29-27-18-16-14-12-10-8-6-4-2)42-58-49-47(53)48(61-62(54,55)56)46(52)44(40-50)60-49/h5-8,11-14,17-19,21-22,27,43-44,46-50,52-53H,3-4,9-10,15-16,20,23-26,28-42H2,1-2H3,(H,54,55,56)/b7-5-,8-6-,13-11-,14-12-,19-17-,22-21-,27-18-. The van der Waals surface area contributed by atoms with E-state index in [0.717, 1.165) is 103 Å². The summed E-state index contributed by atoms with van der Waals surface area (Å²) in [5, 5.41) is 30.7. The number of carbonyl (C=O) groups excluding carboxylic acids is 1. The Balaban J connectivity index is 2.42. The molecule has 1 saturated heterocycles. The number of esters is 1. The molecule has 1 aliphatic heterocycles. The van der Waals surface area contributed by atoms with Crippen molar-refractivity contribution in [1.82, 2.24) is 0 Å². The Kier molecular flexibility index (Phi) is 36.8. The van der Waals surface area contributed by atoms with E-state index in [2.05, 4.69) is 103 Å². The molecule has 6 unspecified atom stereocenters. The molecule has 356 valence electrons. The van der Waals surface area contributed by atoms with Crippen molar-refractivity contribution in [1.29, 1.82) is 0 Å². The second-order valence-corrected chi connectivity index (χ2v) is 16.6. The van der Waals surface area contributed by atoms with E-state index in [9.17, 15) is 28.5 Å². The minimum Gasteiger partial charge on any atom is -0.457 e. The third kappa shape index (κ3) is 32.9. The fraction of sp³-hybridized carbons (Fsp3) is 0.694. The third-order valence-electron chi connectivity index (χ3n) is 10.0. The number of ether oxygens (including phenoxy) is 4. The minimum absolute atomic E-state index is 0.0122. The Morgan fingerprint density at radius 3 is 1.55 bits per heavy atom. The number of rotatable bonds is 39. The highest BCUT2D eigenvalue weighted by Crippen LogP contribution is 2.26. The molecule has 0 bridgehead atoms. The van der Waals surface area contributed by atoms with Crippen LogP contribution >= 0.6 is 0 Å². The number of hydrogen-bond acceptors (Lipinski definition) is 11. The van der Waals surface area contributed by atoms with Crippen LogP contribution < -0.4 is 0 Å². The van der Waals surface area contributed by atoms with Gasteiger partial charge in [0.25, 0.3) is 0 Å². The van der Waals surface area contributed by atoms with Gasteiger partial charge in [0.05, 0.1) is 19.8 Å². The summed E-state index contributed by atoms with van der Waals surface area (Å²) in [5.74, 6) is -0.420. The summed E-state index contributed by atoms with van der Waals surface area (Å²) >= 11 is 0. The van der Waals surface area contributed by atoms with Crippen LogP contribution in [-0.4, -0.2) is 97.5 Å². The molecule has 6 atom stereocenters. The molecule has 1 rings (SSSR count). The van der Waals surface area contributed by atoms with Crippen LogP contribution in [0.2, 0.25) is 0 Å². The normalized spacial score (nSPS) is 20.8. The fourth-order valence-corrected chi connectivity index (χ4v) is 7.07. The highest BCUT2D eigenvalue weighted by Gasteiger charge is 2.48. The average Bonchev–Trinajstić information content (AvgIpc) is 3.24. The number of aliphatic hydroxyl groups excluding tert-OH is 3. The zero-order valence-electron chi connectivity index (χ0n) is 37.9. The largest absolute Gasteiger partial charge is 0.457 e. The maximum absolute atomic E-state index is 12.9. The lowest BCUT2D eigenvalue weighted by Gasteiger charge is -2.41. The van der Waals surface area contributed by atoms with E-state index in [0.29, 0.717) is 13.0 Å². The highest BCUT2D eigenvalue weighted by molar-refractivity contribution is 7.80. The summed E-state index contributed by atoms with van der Waals surface area (Å²) in [6.45, 7) is 3.68. The van der Waals surface area contributed by atoms with Crippen LogP contribution in [0.15, 0.2) is 85.1 Å². The second kappa shape index (κ2) is 39.8. The Labute approximate surface area is 374 Å². The van der Waals surface area contributed by atoms with Gasteiger partial charge in [0, 0.05) is 13.0 Å². The summed E-state index contributed by atoms with van der Waals surface area (Å²) in [7, 11) is -5.07. The van der Waals surface area contributed by atoms with Crippen molar-refractivity contribution in [2.45, 2.75) is 192 Å². The first-order valence-corrected chi connectivity index (χ1v) is 24.7. The zero-order valence-corrected chi connectivity index (χ0v) is 38.7. The molecule has 4 N–H and O–H groups in total. The van der Waals surface area contributed by atoms with E-state index in [1.807, 2.05) is 0 Å². The van der Waals surface area contributed by atoms with Gasteiger partial charge < -0.3 is 34.3 Å². The molecule has 1 fully saturated rings. The van der Waals surface area contributed by atoms with Crippen molar-refractivity contribution in [3.8, 4) is 0 Å². The van der Waals surface area contributed by atoms with Crippen LogP contribution in [0.25, 0.3) is 0 Å². The van der Waals surface area contributed by atoms with E-state index in [1.54, 1.807) is 0 Å². The maximum atomic E-state index is 12.9. The summed E-state index contributed by atoms with van der Waals surface area (Å²) in [6.07, 6.45) is 43.3. The first-order chi connectivity index (χ1) is 30.1. The molecule has 0 saturated carbocycles. The number of unbranched alkanes of at least 4 members (excludes halogenated alkanes) is 12. The topological polar surface area (TPSA) is 178 Å². The van der Waals surface area contributed by atoms with Crippen molar-refractivity contribution >= 4 is 16.4 Å². The van der Waals surface area contributed by atoms with Gasteiger partial charge in [-0.25, -0.2) is 4.18 Å². The SMILES string of the molecule is CC/C=C\C/C=C\C/C=C\C/C=C\CCCCCCCCCCC(=O)OC(COCCCCCC/C=C\C/C=C\C/C=C\CC)COC1OC(CO)C(O)C(OS(=O)(=O)O)C1O. The zero-order chi connectivity index (χ0) is 45.4. The highest BCUT2D eigenvalue weighted by atomic mass is 32.3. The molecule has 1 aliphatic rings. The molecule has 62 heavy (non-hydrogen) atoms. The van der Waals surface area contributed by atoms with E-state index < -0.39 is 59.8 Å². The van der Waals surface area contributed by atoms with Gasteiger partial charge in [-0.3, -0.25) is 9.35 Å². The van der Waals surface area contributed by atoms with Gasteiger partial charge in [0.2, 0.25) is 0 Å². The fourth-order valence-electron chi connectivity index (χ4n) is 6.56. The van der Waals surface area contributed by atoms with E-state index in [1.165, 1.54) is 25.7 Å². The first kappa shape index (κ1) is 57.3. The number of allylic oxidation sites excluding steroid dienone is 14. The molecular weight excluding hydrogens is 813 g/mol. The first-order valence-electron chi connectivity index (χ1n) is 23.3. The lowest BCUT2D eigenvalue weighted by molar-refractivity contribution is -0.301. The van der Waals surface area contributed by atoms with Crippen molar-refractivity contribution in [2.24, 2.45) is 0 Å². The van der Waals surface area contributed by atoms with Gasteiger partial charge >= 0.3 is 16.4 Å². The van der Waals surface area contributed by atoms with Gasteiger partial charge in [-0.05, 0) is 83.5 Å². The smallest absolute Gasteiger partial charge is 0.397 e. The Bertz CT molecular complexity index is 1400. The van der Waals surface area contributed by atoms with Crippen LogP contribution in [-0.2, 0) is 38.3 Å². The molecule has 0 aromatic heterocycles. The monoisotopic (exact) mass is 895 g/mol. The third-order valence-corrected chi connectivity index (χ3v) is 10.5. The summed E-state index contributed by atoms with van der Waals surface area (Å²) < 4.78 is 59.1. The molecule has 0 aliphatic carbocycles. The van der Waals surface area contributed by atoms with Crippen molar-refractivity contribution in [2.75, 3.05) is 26.4 Å². The van der Waals surface area contributed by atoms with Crippen molar-refractivity contribution in [3.63, 3.8) is 0 Å². The van der Waals surface area contributed by atoms with E-state index >= 15 is 0 Å². The molecule has 1 heterocycles. The van der Waals surface area contributed by atoms with Gasteiger partial charge in [0.15, 0.2) is 6.29 Å². The predicted octanol–water partition coefficient (Wildman–Crippen LogP) is 10.1. The number of hydrogen-bond donors (Lipinski definition) is 4. The van der Waals surface area contributed by atoms with Crippen molar-refractivity contribution < 1.29 is 56.2 Å². The van der Waals surface area contributed by atoms with Gasteiger partial charge in [-0.1, -0.05) is 150 Å². The van der Waals surface area contributed by atoms with Gasteiger partial charge in [-0.2, -0.15) is 8.42 Å². The van der Waals surface area contributed by atoms with Gasteiger partial charge in [-0.15, -0.1) is 0 Å². The Hall–Kier alpha value is -2.72. The molecular formula is C49H82O12S. The minimum atomic E-state index is -5.07. The second-order valence-electron chi connectivity index (χ2n) is 15.6. The van der Waals surface area contributed by atoms with Gasteiger partial charge in [0.1, 0.15) is 30.5 Å². The van der Waals surface area contributed by atoms with Crippen LogP contribution in [0.3, 0.4) is 0 Å². The summed E-state index contributed by atoms with van der Waals surface area (Å²) in [6, 6.07) is 0. The van der Waals surface area contributed by atoms with E-state index in [4.69, 9.17) is 23.5 Å². The van der Waals surface area contributed by atoms with Crippen LogP contribution in [0.4, 0.5) is 0 Å². The summed E-state index contributed by atoms with van der Waals surface area (Å²) in [4.78, 5) is 12.9. The molecule has 0 aromatic carbocycles. The average molecular weight is 895 g/mol. The quantitative estimate of drug-likeness (QED) is 0.0199. The number of carbonyl (C=O) groups is 1. The molecule has 13 heteroatoms. The molecule has 0 spiro atoms. The van der Waals surface area contributed by atoms with Crippen LogP contribution in [0.1, 0.15) is 155 Å². The summed E-state index contributed by atoms with van der Waals surface area (Å²) in [5.41, 5.74) is 0. The predicted molar refractivity (Wildman–Crippen MR) is 248 cm³/mol. The maximum Gasteiger partial charge on any atom is 0.397 e. The Morgan fingerprint density at radius 2 is 1.06 bits per heavy atom. The number of aliphatic hydroxyl groups is 3. The van der Waals surface area contributed by atoms with Crippen LogP contribution in [0.5, 0.6) is 0 Å². The Morgan fingerprint density at radius 1 is 0.613 bits per heavy atom.